The molecule has 0 amide bonds. The molecule has 26 heavy (non-hydrogen) atoms. The van der Waals surface area contributed by atoms with Crippen molar-refractivity contribution in [2.45, 2.75) is 0 Å². The number of aromatic nitrogens is 4. The molecule has 4 rings (SSSR count). The first-order valence-electron chi connectivity index (χ1n) is 7.59. The number of aromatic hydroxyl groups is 1. The van der Waals surface area contributed by atoms with E-state index >= 15 is 0 Å². The van der Waals surface area contributed by atoms with Crippen LogP contribution in [-0.4, -0.2) is 31.1 Å². The van der Waals surface area contributed by atoms with Crippen molar-refractivity contribution in [3.8, 4) is 5.75 Å². The number of rotatable bonds is 3. The number of phenols is 1. The third kappa shape index (κ3) is 2.87. The van der Waals surface area contributed by atoms with E-state index < -0.39 is 0 Å². The zero-order chi connectivity index (χ0) is 18.3. The molecule has 0 unspecified atom stereocenters. The fraction of sp³-hybridized carbons (Fsp3) is 0.0588. The minimum atomic E-state index is 0.0446. The minimum absolute atomic E-state index is 0.0446. The molecule has 0 fully saturated rings. The van der Waals surface area contributed by atoms with E-state index in [1.54, 1.807) is 12.1 Å². The number of hydrogen-bond donors (Lipinski definition) is 2. The van der Waals surface area contributed by atoms with Gasteiger partial charge in [0, 0.05) is 23.0 Å². The van der Waals surface area contributed by atoms with Crippen LogP contribution in [-0.2, 0) is 7.05 Å². The van der Waals surface area contributed by atoms with Crippen LogP contribution in [0.15, 0.2) is 46.0 Å². The second kappa shape index (κ2) is 6.54. The van der Waals surface area contributed by atoms with E-state index in [2.05, 4.69) is 41.6 Å². The Bertz CT molecular complexity index is 1170. The first kappa shape index (κ1) is 16.7. The number of halogens is 2. The molecule has 7 nitrogen and oxygen atoms in total. The van der Waals surface area contributed by atoms with Crippen LogP contribution in [0.4, 0.5) is 5.95 Å². The number of fused-ring (bicyclic) bond motifs is 3. The molecule has 2 aromatic carbocycles. The number of phenolic OH excluding ortho intramolecular Hbond substituents is 1. The number of nitrogens with one attached hydrogen (secondary N) is 1. The number of hydrazone groups is 1. The van der Waals surface area contributed by atoms with E-state index in [1.165, 1.54) is 6.21 Å². The molecule has 2 N–H and O–H groups in total. The summed E-state index contributed by atoms with van der Waals surface area (Å²) in [4.78, 5) is 4.47. The Hall–Kier alpha value is -2.71. The summed E-state index contributed by atoms with van der Waals surface area (Å²) in [7, 11) is 1.92. The summed E-state index contributed by atoms with van der Waals surface area (Å²) in [6.07, 6.45) is 1.43. The van der Waals surface area contributed by atoms with Crippen LogP contribution in [0.5, 0.6) is 5.75 Å². The maximum absolute atomic E-state index is 10.0. The fourth-order valence-corrected chi connectivity index (χ4v) is 3.53. The molecule has 0 bridgehead atoms. The summed E-state index contributed by atoms with van der Waals surface area (Å²) >= 11 is 9.21. The van der Waals surface area contributed by atoms with Gasteiger partial charge in [-0.3, -0.25) is 0 Å². The first-order valence-corrected chi connectivity index (χ1v) is 8.76. The Morgan fingerprint density at radius 3 is 2.92 bits per heavy atom. The zero-order valence-corrected chi connectivity index (χ0v) is 15.8. The average Bonchev–Trinajstić information content (AvgIpc) is 2.92. The van der Waals surface area contributed by atoms with Crippen LogP contribution in [0.25, 0.3) is 22.1 Å². The molecule has 0 aliphatic heterocycles. The maximum atomic E-state index is 10.0. The van der Waals surface area contributed by atoms with Crippen LogP contribution in [0, 0.1) is 0 Å². The van der Waals surface area contributed by atoms with Gasteiger partial charge in [-0.2, -0.15) is 10.1 Å². The van der Waals surface area contributed by atoms with Gasteiger partial charge in [-0.25, -0.2) is 5.43 Å². The average molecular weight is 432 g/mol. The second-order valence-electron chi connectivity index (χ2n) is 5.58. The van der Waals surface area contributed by atoms with Gasteiger partial charge in [0.15, 0.2) is 5.65 Å². The minimum Gasteiger partial charge on any atom is -0.506 e. The van der Waals surface area contributed by atoms with Crippen molar-refractivity contribution in [3.05, 3.63) is 51.5 Å². The van der Waals surface area contributed by atoms with Crippen molar-refractivity contribution in [2.75, 3.05) is 5.43 Å². The predicted octanol–water partition coefficient (Wildman–Crippen LogP) is 4.08. The molecule has 0 atom stereocenters. The van der Waals surface area contributed by atoms with Crippen molar-refractivity contribution < 1.29 is 5.11 Å². The lowest BCUT2D eigenvalue weighted by Gasteiger charge is -2.03. The molecule has 2 heterocycles. The molecular formula is C17H12BrClN6O. The molecule has 0 saturated carbocycles. The molecule has 2 aromatic heterocycles. The summed E-state index contributed by atoms with van der Waals surface area (Å²) in [6.45, 7) is 0. The Balaban J connectivity index is 1.66. The fourth-order valence-electron chi connectivity index (χ4n) is 2.70. The topological polar surface area (TPSA) is 88.2 Å². The van der Waals surface area contributed by atoms with Crippen molar-refractivity contribution in [2.24, 2.45) is 12.1 Å². The van der Waals surface area contributed by atoms with E-state index in [0.29, 0.717) is 20.7 Å². The molecule has 9 heteroatoms. The van der Waals surface area contributed by atoms with E-state index in [4.69, 9.17) is 11.6 Å². The molecule has 0 aliphatic rings. The Morgan fingerprint density at radius 1 is 1.27 bits per heavy atom. The first-order chi connectivity index (χ1) is 12.5. The van der Waals surface area contributed by atoms with E-state index in [-0.39, 0.29) is 11.7 Å². The number of hydrogen-bond acceptors (Lipinski definition) is 6. The van der Waals surface area contributed by atoms with Gasteiger partial charge in [0.2, 0.25) is 0 Å². The Morgan fingerprint density at radius 2 is 2.08 bits per heavy atom. The van der Waals surface area contributed by atoms with Crippen LogP contribution in [0.3, 0.4) is 0 Å². The van der Waals surface area contributed by atoms with Crippen LogP contribution in [0.2, 0.25) is 5.02 Å². The lowest BCUT2D eigenvalue weighted by atomic mass is 10.2. The van der Waals surface area contributed by atoms with Gasteiger partial charge < -0.3 is 9.67 Å². The quantitative estimate of drug-likeness (QED) is 0.377. The van der Waals surface area contributed by atoms with Crippen LogP contribution in [0.1, 0.15) is 5.56 Å². The smallest absolute Gasteiger partial charge is 0.265 e. The molecule has 0 radical (unpaired) electrons. The highest BCUT2D eigenvalue weighted by Gasteiger charge is 2.12. The second-order valence-corrected chi connectivity index (χ2v) is 6.87. The lowest BCUT2D eigenvalue weighted by Crippen LogP contribution is -2.01. The van der Waals surface area contributed by atoms with Gasteiger partial charge >= 0.3 is 0 Å². The van der Waals surface area contributed by atoms with E-state index in [9.17, 15) is 5.11 Å². The molecule has 0 saturated heterocycles. The highest BCUT2D eigenvalue weighted by molar-refractivity contribution is 9.10. The molecule has 130 valence electrons. The zero-order valence-electron chi connectivity index (χ0n) is 13.5. The number of aryl methyl sites for hydroxylation is 1. The number of benzene rings is 2. The third-order valence-electron chi connectivity index (χ3n) is 3.93. The molecular weight excluding hydrogens is 420 g/mol. The van der Waals surface area contributed by atoms with Gasteiger partial charge in [0.25, 0.3) is 5.95 Å². The van der Waals surface area contributed by atoms with Gasteiger partial charge in [0.1, 0.15) is 11.3 Å². The summed E-state index contributed by atoms with van der Waals surface area (Å²) < 4.78 is 2.44. The summed E-state index contributed by atoms with van der Waals surface area (Å²) in [5, 5.41) is 23.9. The monoisotopic (exact) mass is 430 g/mol. The van der Waals surface area contributed by atoms with Crippen LogP contribution >= 0.6 is 27.5 Å². The molecule has 4 aromatic rings. The number of nitrogens with zero attached hydrogens (tertiary/aromatic N) is 5. The van der Waals surface area contributed by atoms with Gasteiger partial charge in [-0.1, -0.05) is 29.8 Å². The number of para-hydroxylation sites is 1. The Labute approximate surface area is 161 Å². The SMILES string of the molecule is Cn1c2ccccc2c2nnc(N/N=C/c3cc(Cl)cc(Br)c3O)nc21. The number of anilines is 1. The van der Waals surface area contributed by atoms with Gasteiger partial charge in [-0.05, 0) is 34.1 Å². The summed E-state index contributed by atoms with van der Waals surface area (Å²) in [5.74, 6) is 0.295. The normalized spacial score (nSPS) is 11.7. The summed E-state index contributed by atoms with van der Waals surface area (Å²) in [6, 6.07) is 11.1. The Kier molecular flexibility index (Phi) is 4.21. The van der Waals surface area contributed by atoms with Crippen molar-refractivity contribution >= 4 is 61.8 Å². The predicted molar refractivity (Wildman–Crippen MR) is 106 cm³/mol. The third-order valence-corrected chi connectivity index (χ3v) is 4.76. The highest BCUT2D eigenvalue weighted by atomic mass is 79.9. The van der Waals surface area contributed by atoms with Gasteiger partial charge in [-0.15, -0.1) is 10.2 Å². The maximum Gasteiger partial charge on any atom is 0.265 e. The van der Waals surface area contributed by atoms with Gasteiger partial charge in [0.05, 0.1) is 16.2 Å². The van der Waals surface area contributed by atoms with Crippen molar-refractivity contribution in [1.82, 2.24) is 19.7 Å². The molecule has 0 aliphatic carbocycles. The van der Waals surface area contributed by atoms with E-state index in [0.717, 1.165) is 16.4 Å². The van der Waals surface area contributed by atoms with Crippen molar-refractivity contribution in [1.29, 1.82) is 0 Å². The largest absolute Gasteiger partial charge is 0.506 e. The van der Waals surface area contributed by atoms with E-state index in [1.807, 2.05) is 35.9 Å². The molecule has 0 spiro atoms. The lowest BCUT2D eigenvalue weighted by molar-refractivity contribution is 0.471. The standard InChI is InChI=1S/C17H12BrClN6O/c1-25-13-5-3-2-4-11(13)14-16(25)21-17(24-22-14)23-20-8-9-6-10(19)7-12(18)15(9)26/h2-8,26H,1H3,(H,21,23,24)/b20-8+. The van der Waals surface area contributed by atoms with Crippen molar-refractivity contribution in [3.63, 3.8) is 0 Å². The highest BCUT2D eigenvalue weighted by Crippen LogP contribution is 2.30. The van der Waals surface area contributed by atoms with Crippen LogP contribution < -0.4 is 5.43 Å². The summed E-state index contributed by atoms with van der Waals surface area (Å²) in [5.41, 5.74) is 5.64.